The Morgan fingerprint density at radius 2 is 1.33 bits per heavy atom. The molecule has 1 saturated heterocycles. The Morgan fingerprint density at radius 3 is 1.90 bits per heavy atom. The Kier molecular flexibility index (Phi) is 14.7. The van der Waals surface area contributed by atoms with Gasteiger partial charge in [0, 0.05) is 26.2 Å². The van der Waals surface area contributed by atoms with E-state index in [9.17, 15) is 14.4 Å². The Morgan fingerprint density at radius 1 is 0.750 bits per heavy atom. The SMILES string of the molecule is CC(C)(C)OC(=O)NCc1cccc(C2=CCN(C(=O)OCc3ccccc3)CC2)c1.CC(C)(C)OC(=O)NCc1cccc(C2CCNCC2)c1. The second-order valence-corrected chi connectivity index (χ2v) is 15.1. The molecule has 3 N–H and O–H groups in total. The first-order valence-electron chi connectivity index (χ1n) is 18.2. The average molecular weight is 713 g/mol. The van der Waals surface area contributed by atoms with Crippen LogP contribution in [0.5, 0.6) is 0 Å². The molecule has 2 aliphatic heterocycles. The smallest absolute Gasteiger partial charge is 0.410 e. The van der Waals surface area contributed by atoms with E-state index in [0.717, 1.165) is 41.8 Å². The summed E-state index contributed by atoms with van der Waals surface area (Å²) >= 11 is 0. The van der Waals surface area contributed by atoms with Gasteiger partial charge in [-0.1, -0.05) is 78.9 Å². The van der Waals surface area contributed by atoms with E-state index in [1.165, 1.54) is 24.0 Å². The van der Waals surface area contributed by atoms with Gasteiger partial charge >= 0.3 is 18.3 Å². The van der Waals surface area contributed by atoms with Crippen LogP contribution in [0.3, 0.4) is 0 Å². The van der Waals surface area contributed by atoms with E-state index in [4.69, 9.17) is 14.2 Å². The first-order chi connectivity index (χ1) is 24.7. The Bertz CT molecular complexity index is 1640. The van der Waals surface area contributed by atoms with Gasteiger partial charge in [-0.15, -0.1) is 0 Å². The highest BCUT2D eigenvalue weighted by Gasteiger charge is 2.21. The van der Waals surface area contributed by atoms with Crippen molar-refractivity contribution in [2.75, 3.05) is 26.2 Å². The predicted molar refractivity (Wildman–Crippen MR) is 205 cm³/mol. The van der Waals surface area contributed by atoms with Crippen LogP contribution in [0.25, 0.3) is 5.57 Å². The number of carbonyl (C=O) groups is 3. The van der Waals surface area contributed by atoms with Crippen molar-refractivity contribution in [1.29, 1.82) is 0 Å². The van der Waals surface area contributed by atoms with E-state index < -0.39 is 17.3 Å². The van der Waals surface area contributed by atoms with Crippen molar-refractivity contribution in [3.8, 4) is 0 Å². The molecule has 0 aromatic heterocycles. The van der Waals surface area contributed by atoms with Gasteiger partial charge in [-0.05, 0) is 119 Å². The third-order valence-corrected chi connectivity index (χ3v) is 8.40. The minimum Gasteiger partial charge on any atom is -0.445 e. The van der Waals surface area contributed by atoms with Crippen molar-refractivity contribution in [3.63, 3.8) is 0 Å². The molecule has 5 rings (SSSR count). The molecular weight excluding hydrogens is 656 g/mol. The maximum Gasteiger partial charge on any atom is 0.410 e. The number of hydrogen-bond acceptors (Lipinski definition) is 7. The number of rotatable bonds is 8. The second-order valence-electron chi connectivity index (χ2n) is 15.1. The number of hydrogen-bond donors (Lipinski definition) is 3. The molecule has 2 aliphatic rings. The van der Waals surface area contributed by atoms with E-state index in [1.807, 2.05) is 96.1 Å². The van der Waals surface area contributed by atoms with Crippen LogP contribution in [-0.4, -0.2) is 60.6 Å². The van der Waals surface area contributed by atoms with Crippen molar-refractivity contribution in [3.05, 3.63) is 113 Å². The maximum atomic E-state index is 12.3. The van der Waals surface area contributed by atoms with Gasteiger partial charge in [0.1, 0.15) is 17.8 Å². The summed E-state index contributed by atoms with van der Waals surface area (Å²) in [6.45, 7) is 15.6. The molecule has 2 heterocycles. The number of piperidine rings is 1. The molecule has 0 bridgehead atoms. The van der Waals surface area contributed by atoms with Gasteiger partial charge in [0.2, 0.25) is 0 Å². The zero-order chi connectivity index (χ0) is 37.6. The molecular formula is C42H56N4O6. The van der Waals surface area contributed by atoms with Crippen LogP contribution >= 0.6 is 0 Å². The molecule has 1 fully saturated rings. The molecule has 52 heavy (non-hydrogen) atoms. The molecule has 3 aromatic rings. The van der Waals surface area contributed by atoms with Crippen molar-refractivity contribution in [1.82, 2.24) is 20.9 Å². The number of alkyl carbamates (subject to hydrolysis) is 2. The average Bonchev–Trinajstić information content (AvgIpc) is 3.12. The summed E-state index contributed by atoms with van der Waals surface area (Å²) < 4.78 is 15.9. The van der Waals surface area contributed by atoms with Crippen molar-refractivity contribution in [2.45, 2.75) is 97.6 Å². The highest BCUT2D eigenvalue weighted by atomic mass is 16.6. The molecule has 0 unspecified atom stereocenters. The van der Waals surface area contributed by atoms with Gasteiger partial charge in [-0.25, -0.2) is 14.4 Å². The van der Waals surface area contributed by atoms with E-state index in [1.54, 1.807) is 4.90 Å². The highest BCUT2D eigenvalue weighted by Crippen LogP contribution is 2.26. The summed E-state index contributed by atoms with van der Waals surface area (Å²) in [5.74, 6) is 0.632. The van der Waals surface area contributed by atoms with Crippen LogP contribution in [0, 0.1) is 0 Å². The Hall–Kier alpha value is -4.83. The summed E-state index contributed by atoms with van der Waals surface area (Å²) in [5, 5.41) is 8.98. The highest BCUT2D eigenvalue weighted by molar-refractivity contribution is 5.73. The quantitative estimate of drug-likeness (QED) is 0.201. The third-order valence-electron chi connectivity index (χ3n) is 8.40. The van der Waals surface area contributed by atoms with E-state index >= 15 is 0 Å². The summed E-state index contributed by atoms with van der Waals surface area (Å²) in [6, 6.07) is 26.2. The van der Waals surface area contributed by atoms with E-state index in [2.05, 4.69) is 46.3 Å². The monoisotopic (exact) mass is 712 g/mol. The number of carbonyl (C=O) groups excluding carboxylic acids is 3. The van der Waals surface area contributed by atoms with Gasteiger partial charge in [0.25, 0.3) is 0 Å². The van der Waals surface area contributed by atoms with Gasteiger partial charge < -0.3 is 35.1 Å². The first kappa shape index (κ1) is 39.9. The lowest BCUT2D eigenvalue weighted by molar-refractivity contribution is 0.0512. The normalized spacial score (nSPS) is 15.0. The fourth-order valence-electron chi connectivity index (χ4n) is 5.88. The fraction of sp³-hybridized carbons (Fsp3) is 0.452. The topological polar surface area (TPSA) is 118 Å². The Balaban J connectivity index is 0.000000251. The molecule has 0 atom stereocenters. The molecule has 0 spiro atoms. The number of benzene rings is 3. The summed E-state index contributed by atoms with van der Waals surface area (Å²) in [7, 11) is 0. The minimum absolute atomic E-state index is 0.277. The van der Waals surface area contributed by atoms with Crippen LogP contribution in [0.15, 0.2) is 84.9 Å². The molecule has 0 radical (unpaired) electrons. The molecule has 10 nitrogen and oxygen atoms in total. The van der Waals surface area contributed by atoms with Crippen LogP contribution in [0.1, 0.15) is 94.5 Å². The van der Waals surface area contributed by atoms with Crippen molar-refractivity contribution in [2.24, 2.45) is 0 Å². The molecule has 0 saturated carbocycles. The number of nitrogens with zero attached hydrogens (tertiary/aromatic N) is 1. The van der Waals surface area contributed by atoms with Gasteiger partial charge in [-0.2, -0.15) is 0 Å². The van der Waals surface area contributed by atoms with E-state index in [0.29, 0.717) is 32.1 Å². The van der Waals surface area contributed by atoms with Gasteiger partial charge in [0.05, 0.1) is 0 Å². The lowest BCUT2D eigenvalue weighted by Gasteiger charge is -2.26. The first-order valence-corrected chi connectivity index (χ1v) is 18.2. The lowest BCUT2D eigenvalue weighted by Crippen LogP contribution is -2.35. The van der Waals surface area contributed by atoms with Gasteiger partial charge in [0.15, 0.2) is 0 Å². The predicted octanol–water partition coefficient (Wildman–Crippen LogP) is 8.32. The number of ether oxygens (including phenoxy) is 3. The largest absolute Gasteiger partial charge is 0.445 e. The standard InChI is InChI=1S/C25H30N2O4.C17H26N2O2/c1-25(2,3)31-23(28)26-17-20-10-7-11-22(16-20)21-12-14-27(15-13-21)24(29)30-18-19-8-5-4-6-9-19;1-17(2,3)21-16(20)19-12-13-5-4-6-15(11-13)14-7-9-18-10-8-14/h4-12,16H,13-15,17-18H2,1-3H3,(H,26,28);4-6,11,14,18H,7-10,12H2,1-3H3,(H,19,20). The second kappa shape index (κ2) is 19.1. The van der Waals surface area contributed by atoms with Crippen molar-refractivity contribution >= 4 is 23.9 Å². The maximum absolute atomic E-state index is 12.3. The Labute approximate surface area is 309 Å². The number of nitrogens with one attached hydrogen (secondary N) is 3. The zero-order valence-corrected chi connectivity index (χ0v) is 31.6. The van der Waals surface area contributed by atoms with Crippen LogP contribution in [0.4, 0.5) is 14.4 Å². The molecule has 10 heteroatoms. The summed E-state index contributed by atoms with van der Waals surface area (Å²) in [6.07, 6.45) is 4.09. The third kappa shape index (κ3) is 14.4. The zero-order valence-electron chi connectivity index (χ0n) is 31.6. The van der Waals surface area contributed by atoms with Crippen molar-refractivity contribution < 1.29 is 28.6 Å². The van der Waals surface area contributed by atoms with Crippen LogP contribution < -0.4 is 16.0 Å². The van der Waals surface area contributed by atoms with Crippen LogP contribution in [-0.2, 0) is 33.9 Å². The van der Waals surface area contributed by atoms with E-state index in [-0.39, 0.29) is 18.8 Å². The fourth-order valence-corrected chi connectivity index (χ4v) is 5.88. The summed E-state index contributed by atoms with van der Waals surface area (Å²) in [5.41, 5.74) is 5.77. The molecule has 280 valence electrons. The van der Waals surface area contributed by atoms with Gasteiger partial charge in [-0.3, -0.25) is 0 Å². The van der Waals surface area contributed by atoms with Crippen LogP contribution in [0.2, 0.25) is 0 Å². The molecule has 3 aromatic carbocycles. The molecule has 0 aliphatic carbocycles. The summed E-state index contributed by atoms with van der Waals surface area (Å²) in [4.78, 5) is 37.6. The number of amides is 3. The minimum atomic E-state index is -0.521. The lowest BCUT2D eigenvalue weighted by atomic mass is 9.89. The molecule has 3 amide bonds.